The van der Waals surface area contributed by atoms with Crippen molar-refractivity contribution in [3.05, 3.63) is 35.4 Å². The van der Waals surface area contributed by atoms with E-state index in [-0.39, 0.29) is 7.43 Å². The Kier molecular flexibility index (Phi) is 3.42. The lowest BCUT2D eigenvalue weighted by Crippen LogP contribution is -2.04. The summed E-state index contributed by atoms with van der Waals surface area (Å²) in [5, 5.41) is 0. The van der Waals surface area contributed by atoms with Crippen molar-refractivity contribution < 1.29 is 9.47 Å². The van der Waals surface area contributed by atoms with E-state index >= 15 is 0 Å². The minimum atomic E-state index is 0. The fourth-order valence-electron chi connectivity index (χ4n) is 1.77. The first kappa shape index (κ1) is 11.6. The molecule has 1 aromatic carbocycles. The van der Waals surface area contributed by atoms with Crippen LogP contribution in [0.1, 0.15) is 18.6 Å². The van der Waals surface area contributed by atoms with Crippen LogP contribution in [0.4, 0.5) is 0 Å². The number of hydrogen-bond donors (Lipinski definition) is 0. The molecular formula is C13H16N2O2. The molecule has 0 unspecified atom stereocenters. The summed E-state index contributed by atoms with van der Waals surface area (Å²) in [5.74, 6) is 1.47. The first-order chi connectivity index (χ1) is 7.93. The Morgan fingerprint density at radius 3 is 1.47 bits per heavy atom. The van der Waals surface area contributed by atoms with Crippen molar-refractivity contribution in [2.24, 2.45) is 9.98 Å². The van der Waals surface area contributed by atoms with E-state index in [2.05, 4.69) is 9.98 Å². The third-order valence-electron chi connectivity index (χ3n) is 2.55. The topological polar surface area (TPSA) is 43.2 Å². The Balaban J connectivity index is 0.00000108. The van der Waals surface area contributed by atoms with Crippen LogP contribution in [-0.4, -0.2) is 38.1 Å². The van der Waals surface area contributed by atoms with Gasteiger partial charge in [0.05, 0.1) is 13.1 Å². The Labute approximate surface area is 101 Å². The van der Waals surface area contributed by atoms with Crippen LogP contribution in [0.25, 0.3) is 0 Å². The van der Waals surface area contributed by atoms with E-state index in [1.165, 1.54) is 0 Å². The first-order valence-electron chi connectivity index (χ1n) is 5.39. The van der Waals surface area contributed by atoms with E-state index in [1.54, 1.807) is 0 Å². The summed E-state index contributed by atoms with van der Waals surface area (Å²) in [5.41, 5.74) is 2.03. The molecule has 4 heteroatoms. The molecule has 2 aliphatic heterocycles. The number of aliphatic imine (C=N–C) groups is 2. The minimum Gasteiger partial charge on any atom is -0.476 e. The smallest absolute Gasteiger partial charge is 0.216 e. The summed E-state index contributed by atoms with van der Waals surface area (Å²) < 4.78 is 10.8. The Hall–Kier alpha value is -1.84. The van der Waals surface area contributed by atoms with Crippen LogP contribution in [0.3, 0.4) is 0 Å². The number of ether oxygens (including phenoxy) is 2. The van der Waals surface area contributed by atoms with Crippen LogP contribution in [0.5, 0.6) is 0 Å². The molecular weight excluding hydrogens is 216 g/mol. The summed E-state index contributed by atoms with van der Waals surface area (Å²) in [6.45, 7) is 2.89. The van der Waals surface area contributed by atoms with Crippen LogP contribution >= 0.6 is 0 Å². The predicted octanol–water partition coefficient (Wildman–Crippen LogP) is 1.88. The maximum absolute atomic E-state index is 5.39. The molecule has 0 amide bonds. The van der Waals surface area contributed by atoms with Crippen LogP contribution in [0, 0.1) is 0 Å². The van der Waals surface area contributed by atoms with Crippen LogP contribution in [-0.2, 0) is 9.47 Å². The van der Waals surface area contributed by atoms with Gasteiger partial charge < -0.3 is 9.47 Å². The molecule has 0 aromatic heterocycles. The van der Waals surface area contributed by atoms with Gasteiger partial charge in [-0.2, -0.15) is 0 Å². The van der Waals surface area contributed by atoms with Crippen LogP contribution < -0.4 is 0 Å². The molecule has 0 bridgehead atoms. The van der Waals surface area contributed by atoms with Gasteiger partial charge in [0.25, 0.3) is 0 Å². The SMILES string of the molecule is C.c1cc(C2=NCCO2)ccc1C1=NCCO1. The quantitative estimate of drug-likeness (QED) is 0.781. The molecule has 3 rings (SSSR count). The lowest BCUT2D eigenvalue weighted by Gasteiger charge is -2.04. The molecule has 0 fully saturated rings. The van der Waals surface area contributed by atoms with E-state index in [1.807, 2.05) is 24.3 Å². The zero-order chi connectivity index (χ0) is 10.8. The first-order valence-corrected chi connectivity index (χ1v) is 5.39. The summed E-state index contributed by atoms with van der Waals surface area (Å²) in [6.07, 6.45) is 0. The van der Waals surface area contributed by atoms with Gasteiger partial charge in [0.2, 0.25) is 11.8 Å². The molecule has 0 aliphatic carbocycles. The van der Waals surface area contributed by atoms with Gasteiger partial charge in [-0.25, -0.2) is 9.98 Å². The number of benzene rings is 1. The molecule has 0 saturated heterocycles. The number of hydrogen-bond acceptors (Lipinski definition) is 4. The van der Waals surface area contributed by atoms with Crippen molar-refractivity contribution in [2.75, 3.05) is 26.3 Å². The molecule has 0 saturated carbocycles. The third kappa shape index (κ3) is 2.30. The van der Waals surface area contributed by atoms with Crippen molar-refractivity contribution in [1.82, 2.24) is 0 Å². The van der Waals surface area contributed by atoms with Crippen LogP contribution in [0.2, 0.25) is 0 Å². The summed E-state index contributed by atoms with van der Waals surface area (Å²) in [7, 11) is 0. The van der Waals surface area contributed by atoms with Gasteiger partial charge in [0.15, 0.2) is 0 Å². The lowest BCUT2D eigenvalue weighted by molar-refractivity contribution is 0.347. The predicted molar refractivity (Wildman–Crippen MR) is 67.9 cm³/mol. The van der Waals surface area contributed by atoms with Crippen molar-refractivity contribution in [3.8, 4) is 0 Å². The van der Waals surface area contributed by atoms with Crippen molar-refractivity contribution in [3.63, 3.8) is 0 Å². The van der Waals surface area contributed by atoms with Gasteiger partial charge in [-0.3, -0.25) is 0 Å². The van der Waals surface area contributed by atoms with Gasteiger partial charge in [0.1, 0.15) is 13.2 Å². The van der Waals surface area contributed by atoms with Gasteiger partial charge in [-0.05, 0) is 24.3 Å². The summed E-state index contributed by atoms with van der Waals surface area (Å²) >= 11 is 0. The molecule has 0 N–H and O–H groups in total. The lowest BCUT2D eigenvalue weighted by atomic mass is 10.1. The summed E-state index contributed by atoms with van der Waals surface area (Å²) in [4.78, 5) is 8.53. The highest BCUT2D eigenvalue weighted by molar-refractivity contribution is 5.98. The third-order valence-corrected chi connectivity index (χ3v) is 2.55. The number of nitrogens with zero attached hydrogens (tertiary/aromatic N) is 2. The van der Waals surface area contributed by atoms with E-state index < -0.39 is 0 Å². The largest absolute Gasteiger partial charge is 0.476 e. The van der Waals surface area contributed by atoms with Gasteiger partial charge in [-0.1, -0.05) is 7.43 Å². The molecule has 2 heterocycles. The van der Waals surface area contributed by atoms with Gasteiger partial charge in [0, 0.05) is 11.1 Å². The normalized spacial score (nSPS) is 17.6. The number of rotatable bonds is 2. The Bertz CT molecular complexity index is 406. The minimum absolute atomic E-state index is 0. The van der Waals surface area contributed by atoms with Gasteiger partial charge in [-0.15, -0.1) is 0 Å². The average molecular weight is 232 g/mol. The molecule has 17 heavy (non-hydrogen) atoms. The van der Waals surface area contributed by atoms with E-state index in [9.17, 15) is 0 Å². The molecule has 1 aromatic rings. The second-order valence-corrected chi connectivity index (χ2v) is 3.65. The van der Waals surface area contributed by atoms with Gasteiger partial charge >= 0.3 is 0 Å². The fraction of sp³-hybridized carbons (Fsp3) is 0.385. The van der Waals surface area contributed by atoms with E-state index in [0.717, 1.165) is 36.0 Å². The average Bonchev–Trinajstić information content (AvgIpc) is 3.03. The molecule has 0 atom stereocenters. The highest BCUT2D eigenvalue weighted by Crippen LogP contribution is 2.12. The van der Waals surface area contributed by atoms with Crippen molar-refractivity contribution in [1.29, 1.82) is 0 Å². The summed E-state index contributed by atoms with van der Waals surface area (Å²) in [6, 6.07) is 7.96. The second kappa shape index (κ2) is 4.99. The second-order valence-electron chi connectivity index (χ2n) is 3.65. The molecule has 0 radical (unpaired) electrons. The zero-order valence-corrected chi connectivity index (χ0v) is 8.85. The van der Waals surface area contributed by atoms with Crippen LogP contribution in [0.15, 0.2) is 34.3 Å². The molecule has 4 nitrogen and oxygen atoms in total. The highest BCUT2D eigenvalue weighted by Gasteiger charge is 2.13. The van der Waals surface area contributed by atoms with E-state index in [4.69, 9.17) is 9.47 Å². The fourth-order valence-corrected chi connectivity index (χ4v) is 1.77. The molecule has 2 aliphatic rings. The van der Waals surface area contributed by atoms with Crippen molar-refractivity contribution in [2.45, 2.75) is 7.43 Å². The Morgan fingerprint density at radius 1 is 0.765 bits per heavy atom. The standard InChI is InChI=1S/C12H12N2O2.CH4/c1-2-10(12-14-6-8-16-12)4-3-9(1)11-13-5-7-15-11;/h1-4H,5-8H2;1H4. The highest BCUT2D eigenvalue weighted by atomic mass is 16.5. The monoisotopic (exact) mass is 232 g/mol. The van der Waals surface area contributed by atoms with E-state index in [0.29, 0.717) is 13.2 Å². The zero-order valence-electron chi connectivity index (χ0n) is 8.85. The maximum Gasteiger partial charge on any atom is 0.216 e. The van der Waals surface area contributed by atoms with Crippen molar-refractivity contribution >= 4 is 11.8 Å². The maximum atomic E-state index is 5.39. The molecule has 90 valence electrons. The Morgan fingerprint density at radius 2 is 1.18 bits per heavy atom. The molecule has 0 spiro atoms.